The molecule has 0 saturated heterocycles. The molecule has 0 fully saturated rings. The summed E-state index contributed by atoms with van der Waals surface area (Å²) >= 11 is 1.37. The molecule has 1 aromatic heterocycles. The minimum atomic E-state index is -0.491. The predicted molar refractivity (Wildman–Crippen MR) is 94.7 cm³/mol. The smallest absolute Gasteiger partial charge is 0.249 e. The molecular weight excluding hydrogens is 322 g/mol. The van der Waals surface area contributed by atoms with Crippen LogP contribution in [0.15, 0.2) is 35.8 Å². The Morgan fingerprint density at radius 2 is 2.08 bits per heavy atom. The second kappa shape index (κ2) is 7.13. The van der Waals surface area contributed by atoms with Crippen molar-refractivity contribution in [3.8, 4) is 0 Å². The lowest BCUT2D eigenvalue weighted by Crippen LogP contribution is -2.50. The topological polar surface area (TPSA) is 62.3 Å². The third-order valence-corrected chi connectivity index (χ3v) is 4.81. The van der Waals surface area contributed by atoms with E-state index in [0.717, 1.165) is 11.1 Å². The van der Waals surface area contributed by atoms with Gasteiger partial charge in [0.25, 0.3) is 0 Å². The number of carbonyl (C=O) groups is 2. The van der Waals surface area contributed by atoms with Gasteiger partial charge >= 0.3 is 0 Å². The Bertz CT molecular complexity index is 728. The first-order chi connectivity index (χ1) is 11.5. The first-order valence-electron chi connectivity index (χ1n) is 8.11. The normalized spacial score (nSPS) is 16.8. The minimum Gasteiger partial charge on any atom is -0.326 e. The van der Waals surface area contributed by atoms with Crippen LogP contribution >= 0.6 is 11.3 Å². The van der Waals surface area contributed by atoms with Crippen molar-refractivity contribution in [2.75, 3.05) is 5.32 Å². The fraction of sp³-hybridized carbons (Fsp3) is 0.389. The number of thiazole rings is 1. The molecule has 1 aliphatic rings. The number of amides is 2. The molecule has 0 unspecified atom stereocenters. The molecule has 24 heavy (non-hydrogen) atoms. The van der Waals surface area contributed by atoms with Gasteiger partial charge in [-0.25, -0.2) is 4.98 Å². The minimum absolute atomic E-state index is 0.0267. The molecular formula is C18H21N3O2S. The molecule has 1 aliphatic heterocycles. The predicted octanol–water partition coefficient (Wildman–Crippen LogP) is 3.08. The van der Waals surface area contributed by atoms with Gasteiger partial charge in [-0.15, -0.1) is 11.3 Å². The maximum Gasteiger partial charge on any atom is 0.249 e. The largest absolute Gasteiger partial charge is 0.326 e. The van der Waals surface area contributed by atoms with Gasteiger partial charge in [0.1, 0.15) is 6.04 Å². The van der Waals surface area contributed by atoms with Gasteiger partial charge in [0, 0.05) is 31.0 Å². The first-order valence-corrected chi connectivity index (χ1v) is 8.99. The number of benzene rings is 1. The fourth-order valence-corrected chi connectivity index (χ4v) is 3.49. The Balaban J connectivity index is 1.84. The lowest BCUT2D eigenvalue weighted by molar-refractivity contribution is -0.140. The van der Waals surface area contributed by atoms with Crippen molar-refractivity contribution in [3.63, 3.8) is 0 Å². The van der Waals surface area contributed by atoms with Crippen LogP contribution in [0.4, 0.5) is 5.13 Å². The average Bonchev–Trinajstić information content (AvgIpc) is 3.05. The van der Waals surface area contributed by atoms with Gasteiger partial charge in [-0.3, -0.25) is 9.59 Å². The van der Waals surface area contributed by atoms with Crippen LogP contribution < -0.4 is 5.32 Å². The van der Waals surface area contributed by atoms with Crippen LogP contribution in [0.5, 0.6) is 0 Å². The number of aromatic nitrogens is 1. The van der Waals surface area contributed by atoms with Crippen LogP contribution in [0.1, 0.15) is 31.4 Å². The molecule has 0 bridgehead atoms. The third-order valence-electron chi connectivity index (χ3n) is 4.12. The van der Waals surface area contributed by atoms with Crippen LogP contribution in [0.2, 0.25) is 0 Å². The van der Waals surface area contributed by atoms with Crippen molar-refractivity contribution in [3.05, 3.63) is 47.0 Å². The van der Waals surface area contributed by atoms with Crippen molar-refractivity contribution in [1.82, 2.24) is 9.88 Å². The highest BCUT2D eigenvalue weighted by Gasteiger charge is 2.34. The number of anilines is 1. The second-order valence-electron chi connectivity index (χ2n) is 6.43. The summed E-state index contributed by atoms with van der Waals surface area (Å²) in [5.74, 6) is 0.118. The molecule has 6 heteroatoms. The lowest BCUT2D eigenvalue weighted by Gasteiger charge is -2.36. The SMILES string of the molecule is CC(C)CC(=O)N1Cc2ccccc2C[C@@H]1C(=O)Nc1nccs1. The molecule has 1 atom stereocenters. The highest BCUT2D eigenvalue weighted by Crippen LogP contribution is 2.26. The average molecular weight is 343 g/mol. The molecule has 126 valence electrons. The molecule has 2 amide bonds. The molecule has 0 spiro atoms. The Morgan fingerprint density at radius 1 is 1.33 bits per heavy atom. The van der Waals surface area contributed by atoms with Gasteiger partial charge in [0.2, 0.25) is 11.8 Å². The zero-order valence-electron chi connectivity index (χ0n) is 13.9. The highest BCUT2D eigenvalue weighted by atomic mass is 32.1. The van der Waals surface area contributed by atoms with Gasteiger partial charge in [-0.2, -0.15) is 0 Å². The number of rotatable bonds is 4. The summed E-state index contributed by atoms with van der Waals surface area (Å²) in [6, 6.07) is 7.51. The number of nitrogens with zero attached hydrogens (tertiary/aromatic N) is 2. The molecule has 2 heterocycles. The molecule has 3 rings (SSSR count). The van der Waals surface area contributed by atoms with Crippen LogP contribution in [0.3, 0.4) is 0 Å². The summed E-state index contributed by atoms with van der Waals surface area (Å²) in [4.78, 5) is 31.2. The molecule has 0 saturated carbocycles. The number of fused-ring (bicyclic) bond motifs is 1. The van der Waals surface area contributed by atoms with Gasteiger partial charge in [-0.1, -0.05) is 38.1 Å². The van der Waals surface area contributed by atoms with Crippen molar-refractivity contribution in [2.45, 2.75) is 39.3 Å². The van der Waals surface area contributed by atoms with Crippen LogP contribution in [-0.4, -0.2) is 27.7 Å². The van der Waals surface area contributed by atoms with E-state index in [1.54, 1.807) is 11.1 Å². The second-order valence-corrected chi connectivity index (χ2v) is 7.33. The molecule has 5 nitrogen and oxygen atoms in total. The zero-order valence-corrected chi connectivity index (χ0v) is 14.7. The van der Waals surface area contributed by atoms with Crippen LogP contribution in [0, 0.1) is 5.92 Å². The third kappa shape index (κ3) is 3.64. The Morgan fingerprint density at radius 3 is 2.75 bits per heavy atom. The van der Waals surface area contributed by atoms with E-state index in [0.29, 0.717) is 24.5 Å². The monoisotopic (exact) mass is 343 g/mol. The first kappa shape index (κ1) is 16.6. The molecule has 1 aromatic carbocycles. The van der Waals surface area contributed by atoms with E-state index in [-0.39, 0.29) is 17.7 Å². The quantitative estimate of drug-likeness (QED) is 0.928. The standard InChI is InChI=1S/C18H21N3O2S/c1-12(2)9-16(22)21-11-14-6-4-3-5-13(14)10-15(21)17(23)20-18-19-7-8-24-18/h3-8,12,15H,9-11H2,1-2H3,(H,19,20,23)/t15-/m1/s1. The van der Waals surface area contributed by atoms with E-state index in [1.807, 2.05) is 43.5 Å². The van der Waals surface area contributed by atoms with E-state index in [4.69, 9.17) is 0 Å². The van der Waals surface area contributed by atoms with Gasteiger partial charge in [0.05, 0.1) is 0 Å². The van der Waals surface area contributed by atoms with Gasteiger partial charge < -0.3 is 10.2 Å². The summed E-state index contributed by atoms with van der Waals surface area (Å²) in [7, 11) is 0. The van der Waals surface area contributed by atoms with Crippen molar-refractivity contribution < 1.29 is 9.59 Å². The van der Waals surface area contributed by atoms with E-state index in [9.17, 15) is 9.59 Å². The van der Waals surface area contributed by atoms with Crippen LogP contribution in [-0.2, 0) is 22.6 Å². The van der Waals surface area contributed by atoms with E-state index < -0.39 is 6.04 Å². The maximum atomic E-state index is 12.7. The fourth-order valence-electron chi connectivity index (χ4n) is 2.96. The maximum absolute atomic E-state index is 12.7. The highest BCUT2D eigenvalue weighted by molar-refractivity contribution is 7.13. The molecule has 2 aromatic rings. The van der Waals surface area contributed by atoms with E-state index in [2.05, 4.69) is 10.3 Å². The number of nitrogens with one attached hydrogen (secondary N) is 1. The number of hydrogen-bond donors (Lipinski definition) is 1. The lowest BCUT2D eigenvalue weighted by atomic mass is 9.92. The van der Waals surface area contributed by atoms with Crippen molar-refractivity contribution in [2.24, 2.45) is 5.92 Å². The number of carbonyl (C=O) groups excluding carboxylic acids is 2. The molecule has 0 aliphatic carbocycles. The zero-order chi connectivity index (χ0) is 17.1. The van der Waals surface area contributed by atoms with Gasteiger partial charge in [0.15, 0.2) is 5.13 Å². The molecule has 0 radical (unpaired) electrons. The Labute approximate surface area is 145 Å². The summed E-state index contributed by atoms with van der Waals surface area (Å²) in [5, 5.41) is 5.21. The number of hydrogen-bond acceptors (Lipinski definition) is 4. The summed E-state index contributed by atoms with van der Waals surface area (Å²) in [6.07, 6.45) is 2.64. The summed E-state index contributed by atoms with van der Waals surface area (Å²) < 4.78 is 0. The van der Waals surface area contributed by atoms with Crippen molar-refractivity contribution >= 4 is 28.3 Å². The summed E-state index contributed by atoms with van der Waals surface area (Å²) in [5.41, 5.74) is 2.25. The van der Waals surface area contributed by atoms with Crippen LogP contribution in [0.25, 0.3) is 0 Å². The summed E-state index contributed by atoms with van der Waals surface area (Å²) in [6.45, 7) is 4.51. The van der Waals surface area contributed by atoms with E-state index >= 15 is 0 Å². The van der Waals surface area contributed by atoms with E-state index in [1.165, 1.54) is 11.3 Å². The van der Waals surface area contributed by atoms with Crippen molar-refractivity contribution in [1.29, 1.82) is 0 Å². The Kier molecular flexibility index (Phi) is 4.94. The molecule has 1 N–H and O–H groups in total. The van der Waals surface area contributed by atoms with Gasteiger partial charge in [-0.05, 0) is 17.0 Å². The Hall–Kier alpha value is -2.21.